The van der Waals surface area contributed by atoms with Gasteiger partial charge in [-0.3, -0.25) is 4.79 Å². The molecule has 7 heteroatoms. The molecule has 1 aliphatic rings. The fourth-order valence-electron chi connectivity index (χ4n) is 3.53. The van der Waals surface area contributed by atoms with Gasteiger partial charge in [-0.05, 0) is 30.2 Å². The van der Waals surface area contributed by atoms with Crippen LogP contribution >= 0.6 is 0 Å². The SMILES string of the molecule is COc1cccc(N2CCN(C(=O)[C@H](NC(=O)Nc3ccccc3)C(C)C)CC2)c1. The molecule has 30 heavy (non-hydrogen) atoms. The van der Waals surface area contributed by atoms with Crippen molar-refractivity contribution in [3.05, 3.63) is 54.6 Å². The third kappa shape index (κ3) is 5.43. The van der Waals surface area contributed by atoms with Crippen LogP contribution in [-0.4, -0.2) is 56.2 Å². The number of rotatable bonds is 6. The average molecular weight is 411 g/mol. The molecule has 1 atom stereocenters. The number of urea groups is 1. The Morgan fingerprint density at radius 3 is 2.30 bits per heavy atom. The summed E-state index contributed by atoms with van der Waals surface area (Å²) in [6.07, 6.45) is 0. The Morgan fingerprint density at radius 2 is 1.67 bits per heavy atom. The molecule has 1 fully saturated rings. The van der Waals surface area contributed by atoms with Gasteiger partial charge >= 0.3 is 6.03 Å². The van der Waals surface area contributed by atoms with Crippen molar-refractivity contribution in [3.8, 4) is 5.75 Å². The van der Waals surface area contributed by atoms with E-state index < -0.39 is 6.04 Å². The third-order valence-electron chi connectivity index (χ3n) is 5.26. The number of nitrogens with zero attached hydrogens (tertiary/aromatic N) is 2. The summed E-state index contributed by atoms with van der Waals surface area (Å²) in [7, 11) is 1.66. The molecule has 0 aliphatic carbocycles. The Hall–Kier alpha value is -3.22. The summed E-state index contributed by atoms with van der Waals surface area (Å²) >= 11 is 0. The Bertz CT molecular complexity index is 849. The number of hydrogen-bond acceptors (Lipinski definition) is 4. The number of ether oxygens (including phenoxy) is 1. The lowest BCUT2D eigenvalue weighted by Gasteiger charge is -2.38. The van der Waals surface area contributed by atoms with E-state index in [9.17, 15) is 9.59 Å². The van der Waals surface area contributed by atoms with Crippen LogP contribution in [0.3, 0.4) is 0 Å². The van der Waals surface area contributed by atoms with Crippen molar-refractivity contribution < 1.29 is 14.3 Å². The Kier molecular flexibility index (Phi) is 7.17. The molecule has 1 aliphatic heterocycles. The van der Waals surface area contributed by atoms with Crippen molar-refractivity contribution in [3.63, 3.8) is 0 Å². The zero-order valence-corrected chi connectivity index (χ0v) is 17.8. The van der Waals surface area contributed by atoms with E-state index >= 15 is 0 Å². The van der Waals surface area contributed by atoms with Gasteiger partial charge < -0.3 is 25.2 Å². The highest BCUT2D eigenvalue weighted by Gasteiger charge is 2.30. The minimum absolute atomic E-state index is 0.0181. The fourth-order valence-corrected chi connectivity index (χ4v) is 3.53. The first kappa shape index (κ1) is 21.5. The van der Waals surface area contributed by atoms with E-state index in [-0.39, 0.29) is 17.9 Å². The molecule has 0 unspecified atom stereocenters. The maximum absolute atomic E-state index is 13.1. The average Bonchev–Trinajstić information content (AvgIpc) is 2.77. The second-order valence-electron chi connectivity index (χ2n) is 7.70. The topological polar surface area (TPSA) is 73.9 Å². The second kappa shape index (κ2) is 10.0. The van der Waals surface area contributed by atoms with E-state index in [1.165, 1.54) is 0 Å². The molecule has 2 aromatic carbocycles. The van der Waals surface area contributed by atoms with Crippen LogP contribution in [-0.2, 0) is 4.79 Å². The van der Waals surface area contributed by atoms with E-state index in [1.54, 1.807) is 7.11 Å². The van der Waals surface area contributed by atoms with Crippen molar-refractivity contribution in [2.24, 2.45) is 5.92 Å². The highest BCUT2D eigenvalue weighted by molar-refractivity contribution is 5.93. The molecule has 2 aromatic rings. The van der Waals surface area contributed by atoms with Crippen LogP contribution in [0.4, 0.5) is 16.2 Å². The maximum atomic E-state index is 13.1. The van der Waals surface area contributed by atoms with Gasteiger partial charge in [0.25, 0.3) is 0 Å². The van der Waals surface area contributed by atoms with E-state index in [1.807, 2.05) is 73.3 Å². The number of nitrogens with one attached hydrogen (secondary N) is 2. The molecule has 0 aromatic heterocycles. The van der Waals surface area contributed by atoms with Gasteiger partial charge in [0.15, 0.2) is 0 Å². The second-order valence-corrected chi connectivity index (χ2v) is 7.70. The van der Waals surface area contributed by atoms with Crippen LogP contribution in [0.1, 0.15) is 13.8 Å². The highest BCUT2D eigenvalue weighted by atomic mass is 16.5. The van der Waals surface area contributed by atoms with Crippen LogP contribution in [0.25, 0.3) is 0 Å². The van der Waals surface area contributed by atoms with E-state index in [0.29, 0.717) is 18.8 Å². The van der Waals surface area contributed by atoms with Gasteiger partial charge in [-0.1, -0.05) is 38.1 Å². The number of carbonyl (C=O) groups excluding carboxylic acids is 2. The smallest absolute Gasteiger partial charge is 0.319 e. The molecule has 1 saturated heterocycles. The molecule has 7 nitrogen and oxygen atoms in total. The van der Waals surface area contributed by atoms with E-state index in [2.05, 4.69) is 15.5 Å². The van der Waals surface area contributed by atoms with Crippen LogP contribution in [0.2, 0.25) is 0 Å². The number of methoxy groups -OCH3 is 1. The fraction of sp³-hybridized carbons (Fsp3) is 0.391. The number of para-hydroxylation sites is 1. The van der Waals surface area contributed by atoms with Crippen molar-refractivity contribution in [1.29, 1.82) is 0 Å². The standard InChI is InChI=1S/C23H30N4O3/c1-17(2)21(25-23(29)24-18-8-5-4-6-9-18)22(28)27-14-12-26(13-15-27)19-10-7-11-20(16-19)30-3/h4-11,16-17,21H,12-15H2,1-3H3,(H2,24,25,29)/t21-/m1/s1. The minimum atomic E-state index is -0.572. The van der Waals surface area contributed by atoms with Crippen molar-refractivity contribution in [2.45, 2.75) is 19.9 Å². The lowest BCUT2D eigenvalue weighted by Crippen LogP contribution is -2.57. The number of carbonyl (C=O) groups is 2. The van der Waals surface area contributed by atoms with E-state index in [4.69, 9.17) is 4.74 Å². The molecule has 0 saturated carbocycles. The van der Waals surface area contributed by atoms with Gasteiger partial charge in [0.05, 0.1) is 7.11 Å². The Labute approximate surface area is 178 Å². The van der Waals surface area contributed by atoms with E-state index in [0.717, 1.165) is 24.5 Å². The van der Waals surface area contributed by atoms with Crippen LogP contribution in [0.5, 0.6) is 5.75 Å². The summed E-state index contributed by atoms with van der Waals surface area (Å²) in [4.78, 5) is 29.6. The zero-order chi connectivity index (χ0) is 21.5. The summed E-state index contributed by atoms with van der Waals surface area (Å²) in [5.41, 5.74) is 1.78. The van der Waals surface area contributed by atoms with Crippen LogP contribution < -0.4 is 20.3 Å². The summed E-state index contributed by atoms with van der Waals surface area (Å²) < 4.78 is 5.31. The number of amides is 3. The lowest BCUT2D eigenvalue weighted by atomic mass is 10.0. The van der Waals surface area contributed by atoms with Crippen molar-refractivity contribution in [2.75, 3.05) is 43.5 Å². The molecule has 3 amide bonds. The van der Waals surface area contributed by atoms with Gasteiger partial charge in [0.2, 0.25) is 5.91 Å². The first-order chi connectivity index (χ1) is 14.5. The molecule has 1 heterocycles. The van der Waals surface area contributed by atoms with Crippen molar-refractivity contribution >= 4 is 23.3 Å². The molecular weight excluding hydrogens is 380 g/mol. The van der Waals surface area contributed by atoms with Crippen LogP contribution in [0.15, 0.2) is 54.6 Å². The summed E-state index contributed by atoms with van der Waals surface area (Å²) in [5, 5.41) is 5.63. The maximum Gasteiger partial charge on any atom is 0.319 e. The van der Waals surface area contributed by atoms with Gasteiger partial charge in [0.1, 0.15) is 11.8 Å². The Morgan fingerprint density at radius 1 is 0.967 bits per heavy atom. The molecule has 0 spiro atoms. The van der Waals surface area contributed by atoms with Crippen molar-refractivity contribution in [1.82, 2.24) is 10.2 Å². The monoisotopic (exact) mass is 410 g/mol. The minimum Gasteiger partial charge on any atom is -0.497 e. The number of benzene rings is 2. The summed E-state index contributed by atoms with van der Waals surface area (Å²) in [5.74, 6) is 0.758. The number of anilines is 2. The van der Waals surface area contributed by atoms with Gasteiger partial charge in [-0.15, -0.1) is 0 Å². The molecule has 2 N–H and O–H groups in total. The lowest BCUT2D eigenvalue weighted by molar-refractivity contribution is -0.134. The van der Waals surface area contributed by atoms with Crippen LogP contribution in [0, 0.1) is 5.92 Å². The Balaban J connectivity index is 1.57. The number of hydrogen-bond donors (Lipinski definition) is 2. The van der Waals surface area contributed by atoms with Gasteiger partial charge in [-0.2, -0.15) is 0 Å². The van der Waals surface area contributed by atoms with Gasteiger partial charge in [-0.25, -0.2) is 4.79 Å². The predicted octanol–water partition coefficient (Wildman–Crippen LogP) is 3.19. The first-order valence-electron chi connectivity index (χ1n) is 10.3. The summed E-state index contributed by atoms with van der Waals surface area (Å²) in [6.45, 7) is 6.58. The highest BCUT2D eigenvalue weighted by Crippen LogP contribution is 2.22. The summed E-state index contributed by atoms with van der Waals surface area (Å²) in [6, 6.07) is 16.2. The normalized spacial score (nSPS) is 14.9. The third-order valence-corrected chi connectivity index (χ3v) is 5.26. The quantitative estimate of drug-likeness (QED) is 0.767. The largest absolute Gasteiger partial charge is 0.497 e. The molecule has 0 radical (unpaired) electrons. The first-order valence-corrected chi connectivity index (χ1v) is 10.3. The molecule has 3 rings (SSSR count). The predicted molar refractivity (Wildman–Crippen MR) is 119 cm³/mol. The molecule has 0 bridgehead atoms. The molecule has 160 valence electrons. The molecular formula is C23H30N4O3. The number of piperazine rings is 1. The zero-order valence-electron chi connectivity index (χ0n) is 17.8. The van der Waals surface area contributed by atoms with Gasteiger partial charge in [0, 0.05) is 43.6 Å².